The van der Waals surface area contributed by atoms with Crippen LogP contribution >= 0.6 is 12.4 Å². The predicted molar refractivity (Wildman–Crippen MR) is 129 cm³/mol. The summed E-state index contributed by atoms with van der Waals surface area (Å²) in [7, 11) is 0. The Morgan fingerprint density at radius 1 is 0.818 bits per heavy atom. The first-order valence-electron chi connectivity index (χ1n) is 10.3. The molecule has 0 saturated heterocycles. The van der Waals surface area contributed by atoms with Gasteiger partial charge in [-0.15, -0.1) is 12.4 Å². The lowest BCUT2D eigenvalue weighted by Crippen LogP contribution is -2.38. The van der Waals surface area contributed by atoms with E-state index in [1.165, 1.54) is 12.1 Å². The largest absolute Gasteiger partial charge is 0.419 e. The maximum absolute atomic E-state index is 12.6. The third kappa shape index (κ3) is 7.71. The average molecular weight is 470 g/mol. The van der Waals surface area contributed by atoms with Crippen molar-refractivity contribution in [1.82, 2.24) is 5.32 Å². The third-order valence-corrected chi connectivity index (χ3v) is 4.60. The van der Waals surface area contributed by atoms with Crippen LogP contribution < -0.4 is 14.8 Å². The van der Waals surface area contributed by atoms with Crippen LogP contribution in [-0.4, -0.2) is 29.1 Å². The van der Waals surface area contributed by atoms with Crippen molar-refractivity contribution in [2.45, 2.75) is 32.4 Å². The van der Waals surface area contributed by atoms with Gasteiger partial charge >= 0.3 is 11.9 Å². The minimum Gasteiger partial charge on any atom is -0.419 e. The Kier molecular flexibility index (Phi) is 9.17. The zero-order valence-electron chi connectivity index (χ0n) is 18.8. The molecular formula is C26H28ClNO5. The smallest absolute Gasteiger partial charge is 0.343 e. The number of rotatable bonds is 7. The van der Waals surface area contributed by atoms with Gasteiger partial charge in [0.2, 0.25) is 0 Å². The van der Waals surface area contributed by atoms with Crippen molar-refractivity contribution in [2.75, 3.05) is 6.54 Å². The number of hydrogen-bond donors (Lipinski definition) is 2. The molecule has 0 heterocycles. The van der Waals surface area contributed by atoms with E-state index >= 15 is 0 Å². The lowest BCUT2D eigenvalue weighted by molar-refractivity contribution is 0.0681. The summed E-state index contributed by atoms with van der Waals surface area (Å²) < 4.78 is 11.1. The topological polar surface area (TPSA) is 84.9 Å². The van der Waals surface area contributed by atoms with E-state index in [0.29, 0.717) is 23.2 Å². The summed E-state index contributed by atoms with van der Waals surface area (Å²) in [6, 6.07) is 21.7. The summed E-state index contributed by atoms with van der Waals surface area (Å²) in [4.78, 5) is 25.2. The summed E-state index contributed by atoms with van der Waals surface area (Å²) in [6.45, 7) is 6.30. The van der Waals surface area contributed by atoms with Crippen LogP contribution in [0.1, 0.15) is 53.2 Å². The van der Waals surface area contributed by atoms with Gasteiger partial charge in [0, 0.05) is 12.1 Å². The standard InChI is InChI=1S/C26H27NO5.ClH/c1-26(2,3)27-17-21(28)20-14-15-22(31-24(29)18-10-6-4-7-11-18)23(16-20)32-25(30)19-12-8-5-9-13-19;/h4-16,21,27-28H,17H2,1-3H3;1H/t21-;/m0./s1. The van der Waals surface area contributed by atoms with E-state index in [1.54, 1.807) is 66.7 Å². The molecule has 2 N–H and O–H groups in total. The van der Waals surface area contributed by atoms with Gasteiger partial charge in [0.1, 0.15) is 0 Å². The highest BCUT2D eigenvalue weighted by molar-refractivity contribution is 5.93. The maximum atomic E-state index is 12.6. The number of aliphatic hydroxyl groups excluding tert-OH is 1. The number of halogens is 1. The average Bonchev–Trinajstić information content (AvgIpc) is 2.79. The van der Waals surface area contributed by atoms with Crippen molar-refractivity contribution >= 4 is 24.3 Å². The summed E-state index contributed by atoms with van der Waals surface area (Å²) in [5, 5.41) is 13.8. The molecule has 0 fully saturated rings. The first kappa shape index (κ1) is 26.1. The molecule has 3 rings (SSSR count). The summed E-state index contributed by atoms with van der Waals surface area (Å²) in [5.74, 6) is -1.04. The number of carbonyl (C=O) groups is 2. The normalized spacial score (nSPS) is 11.8. The zero-order valence-corrected chi connectivity index (χ0v) is 19.6. The summed E-state index contributed by atoms with van der Waals surface area (Å²) in [5.41, 5.74) is 1.07. The van der Waals surface area contributed by atoms with Crippen LogP contribution in [0.2, 0.25) is 0 Å². The van der Waals surface area contributed by atoms with Crippen molar-refractivity contribution < 1.29 is 24.2 Å². The van der Waals surface area contributed by atoms with E-state index in [-0.39, 0.29) is 29.4 Å². The number of ether oxygens (including phenoxy) is 2. The third-order valence-electron chi connectivity index (χ3n) is 4.60. The van der Waals surface area contributed by atoms with Gasteiger partial charge in [0.15, 0.2) is 11.5 Å². The molecule has 0 aromatic heterocycles. The lowest BCUT2D eigenvalue weighted by Gasteiger charge is -2.23. The number of aliphatic hydroxyl groups is 1. The van der Waals surface area contributed by atoms with E-state index in [1.807, 2.05) is 20.8 Å². The summed E-state index contributed by atoms with van der Waals surface area (Å²) >= 11 is 0. The fourth-order valence-corrected chi connectivity index (χ4v) is 2.88. The van der Waals surface area contributed by atoms with Crippen LogP contribution in [0.5, 0.6) is 11.5 Å². The van der Waals surface area contributed by atoms with E-state index < -0.39 is 18.0 Å². The van der Waals surface area contributed by atoms with Gasteiger partial charge < -0.3 is 19.9 Å². The zero-order chi connectivity index (χ0) is 23.1. The molecule has 6 nitrogen and oxygen atoms in total. The van der Waals surface area contributed by atoms with Crippen molar-refractivity contribution in [3.8, 4) is 11.5 Å². The molecule has 1 atom stereocenters. The Morgan fingerprint density at radius 3 is 1.79 bits per heavy atom. The second-order valence-electron chi connectivity index (χ2n) is 8.36. The van der Waals surface area contributed by atoms with E-state index in [0.717, 1.165) is 0 Å². The van der Waals surface area contributed by atoms with Crippen LogP contribution in [0.15, 0.2) is 78.9 Å². The molecule has 0 saturated carbocycles. The molecule has 0 bridgehead atoms. The van der Waals surface area contributed by atoms with Gasteiger partial charge in [-0.1, -0.05) is 42.5 Å². The van der Waals surface area contributed by atoms with Crippen LogP contribution in [0.3, 0.4) is 0 Å². The molecule has 0 unspecified atom stereocenters. The molecule has 7 heteroatoms. The molecule has 0 aliphatic rings. The van der Waals surface area contributed by atoms with Crippen molar-refractivity contribution in [2.24, 2.45) is 0 Å². The molecule has 0 spiro atoms. The van der Waals surface area contributed by atoms with Crippen molar-refractivity contribution in [3.05, 3.63) is 95.6 Å². The second-order valence-corrected chi connectivity index (χ2v) is 8.36. The first-order valence-corrected chi connectivity index (χ1v) is 10.3. The Balaban J connectivity index is 0.00000385. The highest BCUT2D eigenvalue weighted by Gasteiger charge is 2.20. The Morgan fingerprint density at radius 2 is 1.30 bits per heavy atom. The number of esters is 2. The van der Waals surface area contributed by atoms with Crippen LogP contribution in [0, 0.1) is 0 Å². The van der Waals surface area contributed by atoms with Gasteiger partial charge in [0.05, 0.1) is 17.2 Å². The second kappa shape index (κ2) is 11.6. The van der Waals surface area contributed by atoms with Crippen molar-refractivity contribution in [1.29, 1.82) is 0 Å². The van der Waals surface area contributed by atoms with Gasteiger partial charge in [-0.2, -0.15) is 0 Å². The Bertz CT molecular complexity index is 1070. The molecule has 0 radical (unpaired) electrons. The van der Waals surface area contributed by atoms with Crippen molar-refractivity contribution in [3.63, 3.8) is 0 Å². The first-order chi connectivity index (χ1) is 15.2. The molecule has 0 amide bonds. The Hall–Kier alpha value is -3.19. The van der Waals surface area contributed by atoms with Gasteiger partial charge in [-0.3, -0.25) is 0 Å². The van der Waals surface area contributed by atoms with Gasteiger partial charge in [-0.25, -0.2) is 9.59 Å². The van der Waals surface area contributed by atoms with Crippen LogP contribution in [0.4, 0.5) is 0 Å². The molecule has 0 aliphatic heterocycles. The number of nitrogens with one attached hydrogen (secondary N) is 1. The van der Waals surface area contributed by atoms with Crippen LogP contribution in [-0.2, 0) is 0 Å². The number of β-amino-alcohol motifs (C(OH)–C–C–N with tert-alkyl or cyclic N) is 1. The molecule has 33 heavy (non-hydrogen) atoms. The predicted octanol–water partition coefficient (Wildman–Crippen LogP) is 4.97. The van der Waals surface area contributed by atoms with E-state index in [4.69, 9.17) is 9.47 Å². The number of hydrogen-bond acceptors (Lipinski definition) is 6. The molecule has 3 aromatic rings. The SMILES string of the molecule is CC(C)(C)NC[C@H](O)c1ccc(OC(=O)c2ccccc2)c(OC(=O)c2ccccc2)c1.Cl. The molecule has 3 aromatic carbocycles. The number of benzene rings is 3. The fourth-order valence-electron chi connectivity index (χ4n) is 2.88. The molecule has 174 valence electrons. The van der Waals surface area contributed by atoms with E-state index in [2.05, 4.69) is 5.32 Å². The fraction of sp³-hybridized carbons (Fsp3) is 0.231. The van der Waals surface area contributed by atoms with Gasteiger partial charge in [0.25, 0.3) is 0 Å². The molecular weight excluding hydrogens is 442 g/mol. The minimum absolute atomic E-state index is 0. The minimum atomic E-state index is -0.845. The quantitative estimate of drug-likeness (QED) is 0.375. The lowest BCUT2D eigenvalue weighted by atomic mass is 10.1. The highest BCUT2D eigenvalue weighted by atomic mass is 35.5. The van der Waals surface area contributed by atoms with Gasteiger partial charge in [-0.05, 0) is 62.7 Å². The summed E-state index contributed by atoms with van der Waals surface area (Å²) in [6.07, 6.45) is -0.845. The monoisotopic (exact) mass is 469 g/mol. The Labute approximate surface area is 200 Å². The number of carbonyl (C=O) groups excluding carboxylic acids is 2. The highest BCUT2D eigenvalue weighted by Crippen LogP contribution is 2.32. The maximum Gasteiger partial charge on any atom is 0.343 e. The van der Waals surface area contributed by atoms with E-state index in [9.17, 15) is 14.7 Å². The van der Waals surface area contributed by atoms with Crippen LogP contribution in [0.25, 0.3) is 0 Å². The molecule has 0 aliphatic carbocycles.